The van der Waals surface area contributed by atoms with Gasteiger partial charge in [0.2, 0.25) is 0 Å². The predicted octanol–water partition coefficient (Wildman–Crippen LogP) is 5.96. The van der Waals surface area contributed by atoms with E-state index in [-0.39, 0.29) is 0 Å². The highest BCUT2D eigenvalue weighted by atomic mass is 79.9. The lowest BCUT2D eigenvalue weighted by Gasteiger charge is -2.14. The van der Waals surface area contributed by atoms with Gasteiger partial charge in [0.25, 0.3) is 0 Å². The van der Waals surface area contributed by atoms with Gasteiger partial charge in [0.1, 0.15) is 0 Å². The van der Waals surface area contributed by atoms with Gasteiger partial charge in [-0.1, -0.05) is 61.7 Å². The number of hydrogen-bond donors (Lipinski definition) is 0. The Balaban J connectivity index is 2.04. The van der Waals surface area contributed by atoms with Gasteiger partial charge in [0.15, 0.2) is 0 Å². The Bertz CT molecular complexity index is 510. The lowest BCUT2D eigenvalue weighted by molar-refractivity contribution is 0.595. The minimum atomic E-state index is 0.596. The molecule has 4 heteroatoms. The molecular weight excluding hydrogens is 395 g/mol. The van der Waals surface area contributed by atoms with Gasteiger partial charge in [-0.05, 0) is 42.5 Å². The number of halogens is 3. The molecule has 0 aliphatic heterocycles. The van der Waals surface area contributed by atoms with Crippen molar-refractivity contribution in [3.8, 4) is 0 Å². The lowest BCUT2D eigenvalue weighted by Crippen LogP contribution is -2.09. The Morgan fingerprint density at radius 2 is 1.89 bits per heavy atom. The second kappa shape index (κ2) is 7.09. The van der Waals surface area contributed by atoms with Gasteiger partial charge in [-0.25, -0.2) is 0 Å². The maximum atomic E-state index is 5.97. The van der Waals surface area contributed by atoms with Crippen molar-refractivity contribution in [1.82, 2.24) is 0 Å². The molecule has 18 heavy (non-hydrogen) atoms. The number of thiophene rings is 1. The van der Waals surface area contributed by atoms with Crippen molar-refractivity contribution in [1.29, 1.82) is 0 Å². The summed E-state index contributed by atoms with van der Waals surface area (Å²) in [5.41, 5.74) is 1.37. The van der Waals surface area contributed by atoms with Crippen molar-refractivity contribution in [2.24, 2.45) is 5.92 Å². The predicted molar refractivity (Wildman–Crippen MR) is 88.2 cm³/mol. The van der Waals surface area contributed by atoms with E-state index < -0.39 is 0 Å². The quantitative estimate of drug-likeness (QED) is 0.536. The van der Waals surface area contributed by atoms with Crippen LogP contribution in [0.4, 0.5) is 0 Å². The van der Waals surface area contributed by atoms with Crippen LogP contribution in [0.1, 0.15) is 10.4 Å². The Morgan fingerprint density at radius 1 is 1.11 bits per heavy atom. The van der Waals surface area contributed by atoms with E-state index in [0.717, 1.165) is 22.5 Å². The molecule has 1 aromatic carbocycles. The van der Waals surface area contributed by atoms with Crippen molar-refractivity contribution < 1.29 is 0 Å². The molecule has 0 amide bonds. The highest BCUT2D eigenvalue weighted by Crippen LogP contribution is 2.27. The third-order valence-electron chi connectivity index (χ3n) is 2.80. The summed E-state index contributed by atoms with van der Waals surface area (Å²) >= 11 is 14.9. The molecule has 0 saturated heterocycles. The molecular formula is C14H13Br2ClS. The normalized spacial score (nSPS) is 12.6. The fourth-order valence-corrected chi connectivity index (χ4v) is 4.01. The molecule has 0 nitrogen and oxygen atoms in total. The van der Waals surface area contributed by atoms with Gasteiger partial charge in [-0.3, -0.25) is 0 Å². The second-order valence-electron chi connectivity index (χ2n) is 4.23. The number of alkyl halides is 1. The molecule has 1 unspecified atom stereocenters. The van der Waals surface area contributed by atoms with Gasteiger partial charge >= 0.3 is 0 Å². The van der Waals surface area contributed by atoms with Crippen LogP contribution in [0.5, 0.6) is 0 Å². The SMILES string of the molecule is Clc1ccc(CC(CBr)Cc2ccccc2Br)s1. The molecule has 1 heterocycles. The Labute approximate surface area is 134 Å². The van der Waals surface area contributed by atoms with Crippen LogP contribution in [0.25, 0.3) is 0 Å². The maximum Gasteiger partial charge on any atom is 0.0931 e. The summed E-state index contributed by atoms with van der Waals surface area (Å²) < 4.78 is 2.07. The van der Waals surface area contributed by atoms with Gasteiger partial charge in [0.05, 0.1) is 4.34 Å². The summed E-state index contributed by atoms with van der Waals surface area (Å²) in [6, 6.07) is 12.5. The fourth-order valence-electron chi connectivity index (χ4n) is 1.90. The molecule has 0 saturated carbocycles. The van der Waals surface area contributed by atoms with E-state index in [1.807, 2.05) is 6.07 Å². The molecule has 1 atom stereocenters. The smallest absolute Gasteiger partial charge is 0.0931 e. The van der Waals surface area contributed by atoms with Crippen LogP contribution in [-0.2, 0) is 12.8 Å². The Hall–Kier alpha value is 0.170. The van der Waals surface area contributed by atoms with Crippen molar-refractivity contribution in [2.45, 2.75) is 12.8 Å². The van der Waals surface area contributed by atoms with Crippen molar-refractivity contribution in [3.63, 3.8) is 0 Å². The molecule has 0 aliphatic carbocycles. The minimum Gasteiger partial charge on any atom is -0.128 e. The Morgan fingerprint density at radius 3 is 2.50 bits per heavy atom. The summed E-state index contributed by atoms with van der Waals surface area (Å²) in [6.07, 6.45) is 2.15. The van der Waals surface area contributed by atoms with Gasteiger partial charge < -0.3 is 0 Å². The van der Waals surface area contributed by atoms with E-state index in [9.17, 15) is 0 Å². The standard InChI is InChI=1S/C14H13Br2ClS/c15-9-10(8-12-5-6-14(17)18-12)7-11-3-1-2-4-13(11)16/h1-6,10H,7-9H2. The minimum absolute atomic E-state index is 0.596. The summed E-state index contributed by atoms with van der Waals surface area (Å²) in [6.45, 7) is 0. The highest BCUT2D eigenvalue weighted by molar-refractivity contribution is 9.10. The van der Waals surface area contributed by atoms with E-state index >= 15 is 0 Å². The zero-order chi connectivity index (χ0) is 13.0. The second-order valence-corrected chi connectivity index (χ2v) is 7.53. The first-order valence-electron chi connectivity index (χ1n) is 5.72. The van der Waals surface area contributed by atoms with Crippen LogP contribution < -0.4 is 0 Å². The van der Waals surface area contributed by atoms with E-state index in [4.69, 9.17) is 11.6 Å². The van der Waals surface area contributed by atoms with E-state index in [1.54, 1.807) is 11.3 Å². The summed E-state index contributed by atoms with van der Waals surface area (Å²) in [5, 5.41) is 1.00. The van der Waals surface area contributed by atoms with Gasteiger partial charge in [0, 0.05) is 14.7 Å². The third kappa shape index (κ3) is 4.09. The van der Waals surface area contributed by atoms with E-state index in [2.05, 4.69) is 62.2 Å². The summed E-state index contributed by atoms with van der Waals surface area (Å²) in [5.74, 6) is 0.596. The van der Waals surface area contributed by atoms with Crippen LogP contribution >= 0.6 is 54.8 Å². The first-order valence-corrected chi connectivity index (χ1v) is 8.83. The molecule has 0 N–H and O–H groups in total. The Kier molecular flexibility index (Phi) is 5.74. The molecule has 0 fully saturated rings. The topological polar surface area (TPSA) is 0 Å². The molecule has 2 aromatic rings. The molecule has 96 valence electrons. The third-order valence-corrected chi connectivity index (χ3v) is 5.75. The van der Waals surface area contributed by atoms with Crippen LogP contribution in [0.3, 0.4) is 0 Å². The number of rotatable bonds is 5. The van der Waals surface area contributed by atoms with E-state index in [1.165, 1.54) is 14.9 Å². The van der Waals surface area contributed by atoms with Crippen LogP contribution in [0, 0.1) is 5.92 Å². The summed E-state index contributed by atoms with van der Waals surface area (Å²) in [7, 11) is 0. The highest BCUT2D eigenvalue weighted by Gasteiger charge is 2.12. The monoisotopic (exact) mass is 406 g/mol. The molecule has 0 bridgehead atoms. The fraction of sp³-hybridized carbons (Fsp3) is 0.286. The van der Waals surface area contributed by atoms with Crippen molar-refractivity contribution >= 4 is 54.8 Å². The zero-order valence-electron chi connectivity index (χ0n) is 9.70. The lowest BCUT2D eigenvalue weighted by atomic mass is 9.97. The average molecular weight is 409 g/mol. The van der Waals surface area contributed by atoms with Crippen LogP contribution in [0.15, 0.2) is 40.9 Å². The number of hydrogen-bond acceptors (Lipinski definition) is 1. The summed E-state index contributed by atoms with van der Waals surface area (Å²) in [4.78, 5) is 1.36. The van der Waals surface area contributed by atoms with E-state index in [0.29, 0.717) is 5.92 Å². The largest absolute Gasteiger partial charge is 0.128 e. The first-order chi connectivity index (χ1) is 8.69. The van der Waals surface area contributed by atoms with Crippen molar-refractivity contribution in [3.05, 3.63) is 55.6 Å². The average Bonchev–Trinajstić information content (AvgIpc) is 2.76. The molecule has 1 aromatic heterocycles. The number of benzene rings is 1. The first kappa shape index (κ1) is 14.6. The molecule has 0 radical (unpaired) electrons. The maximum absolute atomic E-state index is 5.97. The van der Waals surface area contributed by atoms with Crippen LogP contribution in [0.2, 0.25) is 4.34 Å². The van der Waals surface area contributed by atoms with Crippen LogP contribution in [-0.4, -0.2) is 5.33 Å². The van der Waals surface area contributed by atoms with Gasteiger partial charge in [-0.15, -0.1) is 11.3 Å². The zero-order valence-corrected chi connectivity index (χ0v) is 14.4. The molecule has 0 spiro atoms. The molecule has 0 aliphatic rings. The molecule has 2 rings (SSSR count). The van der Waals surface area contributed by atoms with Gasteiger partial charge in [-0.2, -0.15) is 0 Å². The van der Waals surface area contributed by atoms with Crippen molar-refractivity contribution in [2.75, 3.05) is 5.33 Å².